The largest absolute Gasteiger partial charge is 0.475 e. The number of nitrogens with two attached hydrogens (primary N) is 1. The lowest BCUT2D eigenvalue weighted by Gasteiger charge is -1.86. The number of ketones is 1. The van der Waals surface area contributed by atoms with Gasteiger partial charge in [-0.05, 0) is 0 Å². The first-order valence-electron chi connectivity index (χ1n) is 1.77. The third kappa shape index (κ3) is 1.42. The van der Waals surface area contributed by atoms with Gasteiger partial charge in [-0.3, -0.25) is 4.79 Å². The lowest BCUT2D eigenvalue weighted by atomic mass is 10.3. The van der Waals surface area contributed by atoms with E-state index in [1.54, 1.807) is 0 Å². The number of rotatable bonds is 2. The van der Waals surface area contributed by atoms with Crippen molar-refractivity contribution in [2.24, 2.45) is 5.73 Å². The number of Topliss-reactive ketones (excluding diaryl/α,β-unsaturated/α-hetero) is 1. The molecule has 44 valence electrons. The summed E-state index contributed by atoms with van der Waals surface area (Å²) in [6.45, 7) is 2.92. The molecule has 8 heavy (non-hydrogen) atoms. The zero-order chi connectivity index (χ0) is 6.73. The summed E-state index contributed by atoms with van der Waals surface area (Å²) >= 11 is 0. The van der Waals surface area contributed by atoms with Gasteiger partial charge in [0, 0.05) is 0 Å². The van der Waals surface area contributed by atoms with Crippen LogP contribution >= 0.6 is 0 Å². The van der Waals surface area contributed by atoms with Crippen LogP contribution in [0.2, 0.25) is 0 Å². The fourth-order valence-electron chi connectivity index (χ4n) is 0.137. The van der Waals surface area contributed by atoms with Gasteiger partial charge in [-0.2, -0.15) is 0 Å². The predicted molar refractivity (Wildman–Crippen MR) is 26.0 cm³/mol. The smallest absolute Gasteiger partial charge is 0.378 e. The minimum absolute atomic E-state index is 0.447. The summed E-state index contributed by atoms with van der Waals surface area (Å²) < 4.78 is 0. The third-order valence-electron chi connectivity index (χ3n) is 0.486. The lowest BCUT2D eigenvalue weighted by Crippen LogP contribution is -2.19. The second kappa shape index (κ2) is 2.11. The molecule has 0 rings (SSSR count). The Hall–Kier alpha value is -1.32. The molecule has 0 saturated heterocycles. The van der Waals surface area contributed by atoms with E-state index in [9.17, 15) is 9.59 Å². The van der Waals surface area contributed by atoms with E-state index >= 15 is 0 Å². The third-order valence-corrected chi connectivity index (χ3v) is 0.486. The fraction of sp³-hybridized carbons (Fsp3) is 0. The van der Waals surface area contributed by atoms with Crippen molar-refractivity contribution in [2.45, 2.75) is 0 Å². The van der Waals surface area contributed by atoms with E-state index in [1.807, 2.05) is 0 Å². The molecule has 0 bridgehead atoms. The average Bonchev–Trinajstić information content (AvgIpc) is 1.64. The molecular formula is C4H5NO3. The van der Waals surface area contributed by atoms with Crippen molar-refractivity contribution in [1.29, 1.82) is 0 Å². The molecule has 0 atom stereocenters. The number of carbonyl (C=O) groups excluding carboxylic acids is 1. The molecule has 0 aromatic rings. The summed E-state index contributed by atoms with van der Waals surface area (Å²) in [4.78, 5) is 19.7. The zero-order valence-corrected chi connectivity index (χ0v) is 4.05. The number of hydrogen-bond acceptors (Lipinski definition) is 3. The Morgan fingerprint density at radius 3 is 1.88 bits per heavy atom. The van der Waals surface area contributed by atoms with E-state index in [1.165, 1.54) is 0 Å². The highest BCUT2D eigenvalue weighted by molar-refractivity contribution is 6.39. The number of carbonyl (C=O) groups is 2. The van der Waals surface area contributed by atoms with Gasteiger partial charge in [0.05, 0.1) is 5.70 Å². The SMILES string of the molecule is C=C(N)C(=O)C(=O)O. The minimum Gasteiger partial charge on any atom is -0.475 e. The molecule has 0 aromatic heterocycles. The van der Waals surface area contributed by atoms with Crippen LogP contribution in [-0.2, 0) is 9.59 Å². The summed E-state index contributed by atoms with van der Waals surface area (Å²) in [6.07, 6.45) is 0. The van der Waals surface area contributed by atoms with Gasteiger partial charge in [-0.25, -0.2) is 4.79 Å². The first-order chi connectivity index (χ1) is 3.55. The van der Waals surface area contributed by atoms with Crippen LogP contribution in [0, 0.1) is 0 Å². The predicted octanol–water partition coefficient (Wildman–Crippen LogP) is -0.888. The monoisotopic (exact) mass is 115 g/mol. The zero-order valence-electron chi connectivity index (χ0n) is 4.05. The molecule has 3 N–H and O–H groups in total. The Morgan fingerprint density at radius 2 is 1.88 bits per heavy atom. The van der Waals surface area contributed by atoms with Crippen LogP contribution in [0.1, 0.15) is 0 Å². The van der Waals surface area contributed by atoms with Crippen molar-refractivity contribution in [1.82, 2.24) is 0 Å². The molecule has 0 unspecified atom stereocenters. The van der Waals surface area contributed by atoms with E-state index in [2.05, 4.69) is 6.58 Å². The molecule has 0 saturated carbocycles. The van der Waals surface area contributed by atoms with Crippen molar-refractivity contribution in [3.8, 4) is 0 Å². The highest BCUT2D eigenvalue weighted by Crippen LogP contribution is 1.78. The van der Waals surface area contributed by atoms with E-state index in [0.29, 0.717) is 0 Å². The molecule has 0 amide bonds. The average molecular weight is 115 g/mol. The van der Waals surface area contributed by atoms with Gasteiger partial charge in [0.25, 0.3) is 5.78 Å². The molecular weight excluding hydrogens is 110 g/mol. The van der Waals surface area contributed by atoms with Crippen molar-refractivity contribution < 1.29 is 14.7 Å². The van der Waals surface area contributed by atoms with Gasteiger partial charge in [0.1, 0.15) is 0 Å². The van der Waals surface area contributed by atoms with Crippen molar-refractivity contribution in [3.63, 3.8) is 0 Å². The molecule has 0 fully saturated rings. The quantitative estimate of drug-likeness (QED) is 0.361. The van der Waals surface area contributed by atoms with E-state index in [4.69, 9.17) is 10.8 Å². The Kier molecular flexibility index (Phi) is 1.76. The second-order valence-corrected chi connectivity index (χ2v) is 1.16. The van der Waals surface area contributed by atoms with Gasteiger partial charge < -0.3 is 10.8 Å². The molecule has 4 nitrogen and oxygen atoms in total. The molecule has 0 heterocycles. The topological polar surface area (TPSA) is 80.4 Å². The molecule has 0 aliphatic carbocycles. The maximum Gasteiger partial charge on any atom is 0.378 e. The molecule has 0 aromatic carbocycles. The highest BCUT2D eigenvalue weighted by atomic mass is 16.4. The second-order valence-electron chi connectivity index (χ2n) is 1.16. The maximum absolute atomic E-state index is 10.0. The van der Waals surface area contributed by atoms with Crippen LogP contribution < -0.4 is 5.73 Å². The first-order valence-corrected chi connectivity index (χ1v) is 1.77. The minimum atomic E-state index is -1.57. The Bertz CT molecular complexity index is 133. The summed E-state index contributed by atoms with van der Waals surface area (Å²) in [5.74, 6) is -2.72. The highest BCUT2D eigenvalue weighted by Gasteiger charge is 2.11. The van der Waals surface area contributed by atoms with Gasteiger partial charge in [0.2, 0.25) is 0 Å². The Labute approximate surface area is 45.6 Å². The number of aliphatic carboxylic acids is 1. The van der Waals surface area contributed by atoms with E-state index in [0.717, 1.165) is 0 Å². The van der Waals surface area contributed by atoms with Crippen LogP contribution in [-0.4, -0.2) is 16.9 Å². The molecule has 0 radical (unpaired) electrons. The van der Waals surface area contributed by atoms with Crippen LogP contribution in [0.3, 0.4) is 0 Å². The maximum atomic E-state index is 10.0. The molecule has 0 aliphatic rings. The van der Waals surface area contributed by atoms with Crippen molar-refractivity contribution >= 4 is 11.8 Å². The van der Waals surface area contributed by atoms with Gasteiger partial charge in [-0.1, -0.05) is 6.58 Å². The lowest BCUT2D eigenvalue weighted by molar-refractivity contribution is -0.147. The fourth-order valence-corrected chi connectivity index (χ4v) is 0.137. The summed E-state index contributed by atoms with van der Waals surface area (Å²) in [7, 11) is 0. The number of hydrogen-bond donors (Lipinski definition) is 2. The summed E-state index contributed by atoms with van der Waals surface area (Å²) in [5, 5.41) is 7.86. The van der Waals surface area contributed by atoms with Crippen LogP contribution in [0.25, 0.3) is 0 Å². The van der Waals surface area contributed by atoms with Gasteiger partial charge in [-0.15, -0.1) is 0 Å². The molecule has 0 aliphatic heterocycles. The van der Waals surface area contributed by atoms with Crippen LogP contribution in [0.15, 0.2) is 12.3 Å². The number of carboxylic acid groups (broad SMARTS) is 1. The van der Waals surface area contributed by atoms with Gasteiger partial charge in [0.15, 0.2) is 0 Å². The Morgan fingerprint density at radius 1 is 1.50 bits per heavy atom. The molecule has 0 spiro atoms. The normalized spacial score (nSPS) is 8.00. The first kappa shape index (κ1) is 6.68. The van der Waals surface area contributed by atoms with Crippen molar-refractivity contribution in [2.75, 3.05) is 0 Å². The summed E-state index contributed by atoms with van der Waals surface area (Å²) in [5.41, 5.74) is 4.27. The van der Waals surface area contributed by atoms with Crippen molar-refractivity contribution in [3.05, 3.63) is 12.3 Å². The van der Waals surface area contributed by atoms with E-state index < -0.39 is 17.4 Å². The van der Waals surface area contributed by atoms with Crippen LogP contribution in [0.4, 0.5) is 0 Å². The summed E-state index contributed by atoms with van der Waals surface area (Å²) in [6, 6.07) is 0. The van der Waals surface area contributed by atoms with Gasteiger partial charge >= 0.3 is 5.97 Å². The number of carboxylic acids is 1. The van der Waals surface area contributed by atoms with E-state index in [-0.39, 0.29) is 0 Å². The van der Waals surface area contributed by atoms with Crippen LogP contribution in [0.5, 0.6) is 0 Å². The standard InChI is InChI=1S/C4H5NO3/c1-2(5)3(6)4(7)8/h1,5H2,(H,7,8). The molecule has 4 heteroatoms. The Balaban J connectivity index is 4.05.